The number of amides is 1. The molecule has 35 heavy (non-hydrogen) atoms. The summed E-state index contributed by atoms with van der Waals surface area (Å²) in [7, 11) is 0. The Morgan fingerprint density at radius 1 is 0.943 bits per heavy atom. The Labute approximate surface area is 214 Å². The summed E-state index contributed by atoms with van der Waals surface area (Å²) < 4.78 is 18.0. The van der Waals surface area contributed by atoms with Crippen LogP contribution in [0.1, 0.15) is 11.4 Å². The van der Waals surface area contributed by atoms with Gasteiger partial charge in [-0.25, -0.2) is 9.37 Å². The fourth-order valence-corrected chi connectivity index (χ4v) is 6.14. The lowest BCUT2D eigenvalue weighted by Gasteiger charge is -2.10. The summed E-state index contributed by atoms with van der Waals surface area (Å²) >= 11 is 4.55. The SMILES string of the molecule is O=C(CSc1nnc(CSc2nc3ccccc3s2)n1Cc1ccccc1)Nc1ccccc1F. The van der Waals surface area contributed by atoms with Crippen LogP contribution >= 0.6 is 34.9 Å². The monoisotopic (exact) mass is 521 g/mol. The molecule has 6 nitrogen and oxygen atoms in total. The molecule has 5 rings (SSSR count). The minimum absolute atomic E-state index is 0.0896. The number of rotatable bonds is 9. The van der Waals surface area contributed by atoms with Crippen LogP contribution in [0.25, 0.3) is 10.2 Å². The molecule has 0 atom stereocenters. The van der Waals surface area contributed by atoms with Crippen LogP contribution < -0.4 is 5.32 Å². The van der Waals surface area contributed by atoms with E-state index in [2.05, 4.69) is 21.6 Å². The van der Waals surface area contributed by atoms with E-state index in [9.17, 15) is 9.18 Å². The number of hydrogen-bond donors (Lipinski definition) is 1. The molecule has 0 spiro atoms. The van der Waals surface area contributed by atoms with Crippen molar-refractivity contribution in [1.29, 1.82) is 0 Å². The van der Waals surface area contributed by atoms with Crippen molar-refractivity contribution in [2.45, 2.75) is 21.8 Å². The first-order chi connectivity index (χ1) is 17.2. The van der Waals surface area contributed by atoms with Crippen LogP contribution in [0.3, 0.4) is 0 Å². The fraction of sp³-hybridized carbons (Fsp3) is 0.120. The summed E-state index contributed by atoms with van der Waals surface area (Å²) in [6.45, 7) is 0.584. The number of anilines is 1. The Bertz CT molecular complexity index is 1420. The van der Waals surface area contributed by atoms with Gasteiger partial charge in [-0.2, -0.15) is 0 Å². The van der Waals surface area contributed by atoms with Gasteiger partial charge < -0.3 is 9.88 Å². The van der Waals surface area contributed by atoms with E-state index in [1.165, 1.54) is 23.9 Å². The molecule has 0 radical (unpaired) electrons. The maximum Gasteiger partial charge on any atom is 0.234 e. The summed E-state index contributed by atoms with van der Waals surface area (Å²) in [5, 5.41) is 12.0. The highest BCUT2D eigenvalue weighted by molar-refractivity contribution is 8.00. The number of hydrogen-bond acceptors (Lipinski definition) is 7. The van der Waals surface area contributed by atoms with Crippen molar-refractivity contribution in [3.8, 4) is 0 Å². The highest BCUT2D eigenvalue weighted by atomic mass is 32.2. The van der Waals surface area contributed by atoms with Crippen LogP contribution in [-0.2, 0) is 17.1 Å². The van der Waals surface area contributed by atoms with Crippen LogP contribution in [0, 0.1) is 5.82 Å². The first-order valence-electron chi connectivity index (χ1n) is 10.8. The number of carbonyl (C=O) groups excluding carboxylic acids is 1. The van der Waals surface area contributed by atoms with Crippen molar-refractivity contribution < 1.29 is 9.18 Å². The summed E-state index contributed by atoms with van der Waals surface area (Å²) in [5.74, 6) is 0.718. The highest BCUT2D eigenvalue weighted by Crippen LogP contribution is 2.32. The molecule has 0 aliphatic rings. The summed E-state index contributed by atoms with van der Waals surface area (Å²) in [5.41, 5.74) is 2.26. The number of para-hydroxylation sites is 2. The Kier molecular flexibility index (Phi) is 7.41. The van der Waals surface area contributed by atoms with Gasteiger partial charge in [0.1, 0.15) is 11.6 Å². The molecule has 1 amide bonds. The number of thiazole rings is 1. The van der Waals surface area contributed by atoms with Gasteiger partial charge in [-0.3, -0.25) is 4.79 Å². The summed E-state index contributed by atoms with van der Waals surface area (Å²) in [6, 6.07) is 24.2. The van der Waals surface area contributed by atoms with Crippen LogP contribution in [0.2, 0.25) is 0 Å². The average molecular weight is 522 g/mol. The third kappa shape index (κ3) is 5.90. The number of fused-ring (bicyclic) bond motifs is 1. The van der Waals surface area contributed by atoms with Crippen LogP contribution in [0.15, 0.2) is 88.4 Å². The van der Waals surface area contributed by atoms with Gasteiger partial charge in [-0.05, 0) is 29.8 Å². The van der Waals surface area contributed by atoms with E-state index in [0.717, 1.165) is 25.9 Å². The number of nitrogens with one attached hydrogen (secondary N) is 1. The lowest BCUT2D eigenvalue weighted by Crippen LogP contribution is -2.15. The quantitative estimate of drug-likeness (QED) is 0.236. The molecule has 0 fully saturated rings. The molecule has 0 aliphatic carbocycles. The van der Waals surface area contributed by atoms with Crippen molar-refractivity contribution in [2.24, 2.45) is 0 Å². The van der Waals surface area contributed by atoms with Crippen molar-refractivity contribution in [3.63, 3.8) is 0 Å². The van der Waals surface area contributed by atoms with Gasteiger partial charge >= 0.3 is 0 Å². The number of benzene rings is 3. The van der Waals surface area contributed by atoms with E-state index >= 15 is 0 Å². The van der Waals surface area contributed by atoms with E-state index in [1.807, 2.05) is 53.1 Å². The molecule has 3 aromatic carbocycles. The molecule has 1 N–H and O–H groups in total. The number of thioether (sulfide) groups is 2. The highest BCUT2D eigenvalue weighted by Gasteiger charge is 2.16. The number of nitrogens with zero attached hydrogens (tertiary/aromatic N) is 4. The summed E-state index contributed by atoms with van der Waals surface area (Å²) in [6.07, 6.45) is 0. The van der Waals surface area contributed by atoms with Crippen molar-refractivity contribution >= 4 is 56.7 Å². The topological polar surface area (TPSA) is 72.7 Å². The minimum Gasteiger partial charge on any atom is -0.323 e. The molecule has 2 heterocycles. The number of carbonyl (C=O) groups is 1. The second-order valence-electron chi connectivity index (χ2n) is 7.52. The second kappa shape index (κ2) is 11.0. The Balaban J connectivity index is 1.31. The van der Waals surface area contributed by atoms with E-state index < -0.39 is 5.82 Å². The van der Waals surface area contributed by atoms with Crippen LogP contribution in [0.4, 0.5) is 10.1 Å². The van der Waals surface area contributed by atoms with E-state index in [1.54, 1.807) is 35.2 Å². The normalized spacial score (nSPS) is 11.1. The third-order valence-electron chi connectivity index (χ3n) is 5.06. The Hall–Kier alpha value is -3.21. The second-order valence-corrected chi connectivity index (χ2v) is 10.7. The minimum atomic E-state index is -0.466. The predicted molar refractivity (Wildman–Crippen MR) is 141 cm³/mol. The van der Waals surface area contributed by atoms with Gasteiger partial charge in [0.25, 0.3) is 0 Å². The number of aromatic nitrogens is 4. The molecule has 10 heteroatoms. The lowest BCUT2D eigenvalue weighted by molar-refractivity contribution is -0.113. The van der Waals surface area contributed by atoms with E-state index in [-0.39, 0.29) is 17.3 Å². The zero-order valence-electron chi connectivity index (χ0n) is 18.4. The van der Waals surface area contributed by atoms with Gasteiger partial charge in [-0.1, -0.05) is 78.1 Å². The molecule has 5 aromatic rings. The van der Waals surface area contributed by atoms with Crippen LogP contribution in [0.5, 0.6) is 0 Å². The van der Waals surface area contributed by atoms with Gasteiger partial charge in [0, 0.05) is 0 Å². The van der Waals surface area contributed by atoms with Gasteiger partial charge in [-0.15, -0.1) is 21.5 Å². The molecule has 2 aromatic heterocycles. The average Bonchev–Trinajstić information content (AvgIpc) is 3.47. The summed E-state index contributed by atoms with van der Waals surface area (Å²) in [4.78, 5) is 17.1. The van der Waals surface area contributed by atoms with Crippen LogP contribution in [-0.4, -0.2) is 31.4 Å². The Morgan fingerprint density at radius 3 is 2.54 bits per heavy atom. The largest absolute Gasteiger partial charge is 0.323 e. The molecular weight excluding hydrogens is 502 g/mol. The van der Waals surface area contributed by atoms with Gasteiger partial charge in [0.2, 0.25) is 5.91 Å². The standard InChI is InChI=1S/C25H20FN5OS3/c26-18-10-4-5-11-19(18)27-23(32)16-33-24-30-29-22(31(24)14-17-8-2-1-3-9-17)15-34-25-28-20-12-6-7-13-21(20)35-25/h1-13H,14-16H2,(H,27,32). The molecule has 0 saturated heterocycles. The predicted octanol–water partition coefficient (Wildman–Crippen LogP) is 6.10. The fourth-order valence-electron chi connectivity index (χ4n) is 3.38. The zero-order valence-corrected chi connectivity index (χ0v) is 20.9. The first-order valence-corrected chi connectivity index (χ1v) is 13.6. The number of halogens is 1. The molecule has 0 saturated carbocycles. The Morgan fingerprint density at radius 2 is 1.71 bits per heavy atom. The molecule has 0 unspecified atom stereocenters. The lowest BCUT2D eigenvalue weighted by atomic mass is 10.2. The van der Waals surface area contributed by atoms with Crippen molar-refractivity contribution in [2.75, 3.05) is 11.1 Å². The van der Waals surface area contributed by atoms with Crippen molar-refractivity contribution in [3.05, 3.63) is 96.1 Å². The maximum absolute atomic E-state index is 13.9. The maximum atomic E-state index is 13.9. The zero-order chi connectivity index (χ0) is 24.0. The molecule has 0 bridgehead atoms. The molecule has 176 valence electrons. The van der Waals surface area contributed by atoms with E-state index in [4.69, 9.17) is 4.98 Å². The molecular formula is C25H20FN5OS3. The smallest absolute Gasteiger partial charge is 0.234 e. The first kappa shape index (κ1) is 23.5. The van der Waals surface area contributed by atoms with Crippen molar-refractivity contribution in [1.82, 2.24) is 19.7 Å². The van der Waals surface area contributed by atoms with Gasteiger partial charge in [0.15, 0.2) is 9.50 Å². The third-order valence-corrected chi connectivity index (χ3v) is 8.20. The van der Waals surface area contributed by atoms with E-state index in [0.29, 0.717) is 17.5 Å². The molecule has 0 aliphatic heterocycles. The van der Waals surface area contributed by atoms with Gasteiger partial charge in [0.05, 0.1) is 34.0 Å².